The Morgan fingerprint density at radius 2 is 1.62 bits per heavy atom. The number of hydrogen-bond acceptors (Lipinski definition) is 3. The number of halogens is 2. The third-order valence-electron chi connectivity index (χ3n) is 7.17. The van der Waals surface area contributed by atoms with Gasteiger partial charge in [0.25, 0.3) is 5.92 Å². The van der Waals surface area contributed by atoms with Crippen LogP contribution in [0.4, 0.5) is 8.78 Å². The molecule has 150 valence electrons. The minimum atomic E-state index is -2.98. The maximum absolute atomic E-state index is 13.2. The molecule has 0 aromatic heterocycles. The van der Waals surface area contributed by atoms with E-state index in [-0.39, 0.29) is 10.6 Å². The smallest absolute Gasteiger partial charge is 0.312 e. The monoisotopic (exact) mass is 388 g/mol. The van der Waals surface area contributed by atoms with Crippen molar-refractivity contribution in [2.24, 2.45) is 17.3 Å². The van der Waals surface area contributed by atoms with Crippen molar-refractivity contribution < 1.29 is 22.7 Å². The Bertz CT molecular complexity index is 563. The Balaban J connectivity index is 1.82. The van der Waals surface area contributed by atoms with Gasteiger partial charge in [0.2, 0.25) is 0 Å². The molecule has 26 heavy (non-hydrogen) atoms. The summed E-state index contributed by atoms with van der Waals surface area (Å²) in [5.74, 6) is -2.49. The van der Waals surface area contributed by atoms with Gasteiger partial charge in [-0.25, -0.2) is 8.78 Å². The lowest BCUT2D eigenvalue weighted by Gasteiger charge is -2.62. The van der Waals surface area contributed by atoms with E-state index in [9.17, 15) is 13.6 Å². The number of alkyl halides is 2. The zero-order chi connectivity index (χ0) is 19.6. The van der Waals surface area contributed by atoms with Gasteiger partial charge in [0.15, 0.2) is 14.9 Å². The highest BCUT2D eigenvalue weighted by atomic mass is 28.4. The molecule has 0 amide bonds. The fourth-order valence-corrected chi connectivity index (χ4v) is 7.20. The van der Waals surface area contributed by atoms with E-state index in [1.807, 2.05) is 0 Å². The molecular weight excluding hydrogens is 354 g/mol. The molecule has 0 N–H and O–H groups in total. The first-order chi connectivity index (χ1) is 11.7. The highest BCUT2D eigenvalue weighted by molar-refractivity contribution is 6.74. The van der Waals surface area contributed by atoms with Gasteiger partial charge in [-0.2, -0.15) is 0 Å². The summed E-state index contributed by atoms with van der Waals surface area (Å²) in [6, 6.07) is 0. The van der Waals surface area contributed by atoms with Crippen LogP contribution in [0.15, 0.2) is 0 Å². The SMILES string of the molecule is CC(F)(F)COC(=O)C12CC3CC(CC(O[Si](C)(C)C(C)(C)C)(C3)C1)C2. The average Bonchev–Trinajstić information content (AvgIpc) is 2.39. The number of carbonyl (C=O) groups is 1. The van der Waals surface area contributed by atoms with Gasteiger partial charge in [0.1, 0.15) is 0 Å². The van der Waals surface area contributed by atoms with E-state index in [1.54, 1.807) is 0 Å². The van der Waals surface area contributed by atoms with Crippen LogP contribution < -0.4 is 0 Å². The Morgan fingerprint density at radius 1 is 1.08 bits per heavy atom. The van der Waals surface area contributed by atoms with E-state index in [2.05, 4.69) is 33.9 Å². The van der Waals surface area contributed by atoms with Crippen molar-refractivity contribution in [3.05, 3.63) is 0 Å². The molecule has 0 saturated heterocycles. The lowest BCUT2D eigenvalue weighted by atomic mass is 9.48. The molecule has 2 atom stereocenters. The highest BCUT2D eigenvalue weighted by Gasteiger charge is 2.63. The van der Waals surface area contributed by atoms with Gasteiger partial charge in [0.05, 0.1) is 11.0 Å². The second kappa shape index (κ2) is 6.00. The normalized spacial score (nSPS) is 37.1. The van der Waals surface area contributed by atoms with Gasteiger partial charge in [0, 0.05) is 6.92 Å². The molecular formula is C20H34F2O3Si. The first kappa shape index (κ1) is 20.2. The van der Waals surface area contributed by atoms with Gasteiger partial charge in [-0.15, -0.1) is 0 Å². The molecule has 2 unspecified atom stereocenters. The molecule has 3 nitrogen and oxygen atoms in total. The van der Waals surface area contributed by atoms with Crippen LogP contribution in [0.5, 0.6) is 0 Å². The van der Waals surface area contributed by atoms with E-state index >= 15 is 0 Å². The Hall–Kier alpha value is -0.493. The standard InChI is InChI=1S/C20H34F2O3Si/c1-17(2,3)26(5,6)25-20-10-14-7-15(11-20)9-19(8-14,12-20)16(23)24-13-18(4,21)22/h14-15H,7-13H2,1-6H3. The first-order valence-electron chi connectivity index (χ1n) is 9.91. The van der Waals surface area contributed by atoms with Gasteiger partial charge in [-0.3, -0.25) is 4.79 Å². The predicted molar refractivity (Wildman–Crippen MR) is 99.7 cm³/mol. The van der Waals surface area contributed by atoms with E-state index < -0.39 is 32.2 Å². The lowest BCUT2D eigenvalue weighted by molar-refractivity contribution is -0.198. The first-order valence-corrected chi connectivity index (χ1v) is 12.8. The highest BCUT2D eigenvalue weighted by Crippen LogP contribution is 2.64. The summed E-state index contributed by atoms with van der Waals surface area (Å²) < 4.78 is 38.4. The van der Waals surface area contributed by atoms with Crippen LogP contribution in [0.2, 0.25) is 18.1 Å². The van der Waals surface area contributed by atoms with Crippen molar-refractivity contribution in [3.8, 4) is 0 Å². The molecule has 4 bridgehead atoms. The van der Waals surface area contributed by atoms with Crippen molar-refractivity contribution >= 4 is 14.3 Å². The van der Waals surface area contributed by atoms with Crippen molar-refractivity contribution in [3.63, 3.8) is 0 Å². The summed E-state index contributed by atoms with van der Waals surface area (Å²) >= 11 is 0. The van der Waals surface area contributed by atoms with Gasteiger partial charge in [-0.05, 0) is 68.5 Å². The Morgan fingerprint density at radius 3 is 2.08 bits per heavy atom. The van der Waals surface area contributed by atoms with E-state index in [4.69, 9.17) is 9.16 Å². The van der Waals surface area contributed by atoms with Gasteiger partial charge < -0.3 is 9.16 Å². The minimum absolute atomic E-state index is 0.105. The lowest BCUT2D eigenvalue weighted by Crippen LogP contribution is -2.63. The number of esters is 1. The molecule has 4 aliphatic carbocycles. The molecule has 0 aromatic carbocycles. The van der Waals surface area contributed by atoms with E-state index in [0.717, 1.165) is 39.0 Å². The fourth-order valence-electron chi connectivity index (χ4n) is 5.58. The topological polar surface area (TPSA) is 35.5 Å². The molecule has 4 saturated carbocycles. The second-order valence-electron chi connectivity index (χ2n) is 10.9. The number of rotatable bonds is 5. The minimum Gasteiger partial charge on any atom is -0.459 e. The van der Waals surface area contributed by atoms with Crippen LogP contribution in [-0.4, -0.2) is 32.4 Å². The van der Waals surface area contributed by atoms with Crippen molar-refractivity contribution in [2.45, 2.75) is 95.9 Å². The molecule has 0 radical (unpaired) electrons. The van der Waals surface area contributed by atoms with E-state index in [1.165, 1.54) is 0 Å². The van der Waals surface area contributed by atoms with Crippen LogP contribution in [0.1, 0.15) is 66.2 Å². The van der Waals surface area contributed by atoms with Gasteiger partial charge >= 0.3 is 5.97 Å². The van der Waals surface area contributed by atoms with Crippen LogP contribution in [0.3, 0.4) is 0 Å². The van der Waals surface area contributed by atoms with Crippen LogP contribution in [0, 0.1) is 17.3 Å². The molecule has 4 rings (SSSR count). The maximum Gasteiger partial charge on any atom is 0.312 e. The third kappa shape index (κ3) is 3.73. The zero-order valence-corrected chi connectivity index (χ0v) is 18.1. The summed E-state index contributed by atoms with van der Waals surface area (Å²) in [6.45, 7) is 11.2. The second-order valence-corrected chi connectivity index (χ2v) is 15.7. The molecule has 0 aliphatic heterocycles. The summed E-state index contributed by atoms with van der Waals surface area (Å²) in [7, 11) is -1.98. The number of carbonyl (C=O) groups excluding carboxylic acids is 1. The largest absolute Gasteiger partial charge is 0.459 e. The zero-order valence-electron chi connectivity index (χ0n) is 17.1. The molecule has 0 heterocycles. The van der Waals surface area contributed by atoms with Crippen LogP contribution in [-0.2, 0) is 14.0 Å². The quantitative estimate of drug-likeness (QED) is 0.458. The average molecular weight is 389 g/mol. The predicted octanol–water partition coefficient (Wildman–Crippen LogP) is 5.55. The number of hydrogen-bond donors (Lipinski definition) is 0. The molecule has 6 heteroatoms. The number of ether oxygens (including phenoxy) is 1. The summed E-state index contributed by atoms with van der Waals surface area (Å²) in [5.41, 5.74) is -0.876. The molecule has 4 fully saturated rings. The summed E-state index contributed by atoms with van der Waals surface area (Å²) in [4.78, 5) is 12.8. The maximum atomic E-state index is 13.2. The van der Waals surface area contributed by atoms with Crippen molar-refractivity contribution in [1.82, 2.24) is 0 Å². The Labute approximate surface area is 157 Å². The molecule has 0 spiro atoms. The summed E-state index contributed by atoms with van der Waals surface area (Å²) in [6.07, 6.45) is 5.36. The molecule has 0 aromatic rings. The van der Waals surface area contributed by atoms with Crippen LogP contribution in [0.25, 0.3) is 0 Å². The van der Waals surface area contributed by atoms with Crippen molar-refractivity contribution in [1.29, 1.82) is 0 Å². The van der Waals surface area contributed by atoms with Gasteiger partial charge in [-0.1, -0.05) is 20.8 Å². The summed E-state index contributed by atoms with van der Waals surface area (Å²) in [5, 5.41) is 0.105. The fraction of sp³-hybridized carbons (Fsp3) is 0.950. The van der Waals surface area contributed by atoms with E-state index in [0.29, 0.717) is 18.3 Å². The third-order valence-corrected chi connectivity index (χ3v) is 11.7. The Kier molecular flexibility index (Phi) is 4.67. The molecule has 4 aliphatic rings. The van der Waals surface area contributed by atoms with Crippen molar-refractivity contribution in [2.75, 3.05) is 6.61 Å². The van der Waals surface area contributed by atoms with Crippen LogP contribution >= 0.6 is 0 Å².